The van der Waals surface area contributed by atoms with Crippen molar-refractivity contribution in [2.45, 2.75) is 33.6 Å². The van der Waals surface area contributed by atoms with Crippen LogP contribution in [0.3, 0.4) is 0 Å². The molecule has 0 aromatic heterocycles. The van der Waals surface area contributed by atoms with Gasteiger partial charge in [0.25, 0.3) is 5.91 Å². The van der Waals surface area contributed by atoms with Gasteiger partial charge in [0.1, 0.15) is 5.75 Å². The van der Waals surface area contributed by atoms with Crippen molar-refractivity contribution in [2.24, 2.45) is 0 Å². The Labute approximate surface area is 114 Å². The molecule has 19 heavy (non-hydrogen) atoms. The van der Waals surface area contributed by atoms with E-state index in [-0.39, 0.29) is 18.3 Å². The minimum atomic E-state index is -0.163. The van der Waals surface area contributed by atoms with Crippen molar-refractivity contribution in [2.75, 3.05) is 13.2 Å². The van der Waals surface area contributed by atoms with Crippen molar-refractivity contribution in [3.05, 3.63) is 29.3 Å². The summed E-state index contributed by atoms with van der Waals surface area (Å²) in [5.74, 6) is 0.234. The standard InChI is InChI=1S/C15H21NO3/c1-4-5-8-16-15(18)10-19-14-7-6-11(2)9-13(14)12(3)17/h6-7,9H,4-5,8,10H2,1-3H3,(H,16,18). The molecule has 0 heterocycles. The second-order valence-corrected chi connectivity index (χ2v) is 4.55. The van der Waals surface area contributed by atoms with Crippen molar-refractivity contribution in [3.63, 3.8) is 0 Å². The van der Waals surface area contributed by atoms with Gasteiger partial charge in [0, 0.05) is 6.54 Å². The number of rotatable bonds is 7. The number of hydrogen-bond donors (Lipinski definition) is 1. The summed E-state index contributed by atoms with van der Waals surface area (Å²) in [5, 5.41) is 2.77. The van der Waals surface area contributed by atoms with E-state index in [1.165, 1.54) is 6.92 Å². The van der Waals surface area contributed by atoms with Crippen LogP contribution in [0, 0.1) is 6.92 Å². The highest BCUT2D eigenvalue weighted by molar-refractivity contribution is 5.97. The van der Waals surface area contributed by atoms with Crippen LogP contribution in [0.5, 0.6) is 5.75 Å². The van der Waals surface area contributed by atoms with Crippen molar-refractivity contribution < 1.29 is 14.3 Å². The molecule has 4 heteroatoms. The number of ether oxygens (including phenoxy) is 1. The van der Waals surface area contributed by atoms with E-state index < -0.39 is 0 Å². The third-order valence-corrected chi connectivity index (χ3v) is 2.73. The predicted octanol–water partition coefficient (Wildman–Crippen LogP) is 2.49. The van der Waals surface area contributed by atoms with Crippen LogP contribution in [-0.4, -0.2) is 24.8 Å². The fraction of sp³-hybridized carbons (Fsp3) is 0.467. The topological polar surface area (TPSA) is 55.4 Å². The first kappa shape index (κ1) is 15.2. The Morgan fingerprint density at radius 3 is 2.68 bits per heavy atom. The van der Waals surface area contributed by atoms with E-state index in [1.54, 1.807) is 12.1 Å². The van der Waals surface area contributed by atoms with Crippen molar-refractivity contribution in [3.8, 4) is 5.75 Å². The molecule has 0 saturated carbocycles. The average molecular weight is 263 g/mol. The highest BCUT2D eigenvalue weighted by Gasteiger charge is 2.10. The summed E-state index contributed by atoms with van der Waals surface area (Å²) in [6.45, 7) is 6.06. The van der Waals surface area contributed by atoms with Gasteiger partial charge in [-0.1, -0.05) is 25.0 Å². The Balaban J connectivity index is 2.57. The molecule has 0 aliphatic rings. The van der Waals surface area contributed by atoms with E-state index in [0.29, 0.717) is 17.9 Å². The summed E-state index contributed by atoms with van der Waals surface area (Å²) in [7, 11) is 0. The molecule has 0 atom stereocenters. The molecule has 104 valence electrons. The van der Waals surface area contributed by atoms with Crippen molar-refractivity contribution in [1.29, 1.82) is 0 Å². The molecule has 1 N–H and O–H groups in total. The molecule has 4 nitrogen and oxygen atoms in total. The van der Waals surface area contributed by atoms with E-state index >= 15 is 0 Å². The zero-order valence-corrected chi connectivity index (χ0v) is 11.8. The number of benzene rings is 1. The molecular weight excluding hydrogens is 242 g/mol. The Morgan fingerprint density at radius 2 is 2.05 bits per heavy atom. The molecular formula is C15H21NO3. The largest absolute Gasteiger partial charge is 0.483 e. The summed E-state index contributed by atoms with van der Waals surface area (Å²) < 4.78 is 5.41. The van der Waals surface area contributed by atoms with Gasteiger partial charge in [-0.05, 0) is 32.4 Å². The maximum atomic E-state index is 11.5. The highest BCUT2D eigenvalue weighted by atomic mass is 16.5. The van der Waals surface area contributed by atoms with E-state index in [0.717, 1.165) is 18.4 Å². The van der Waals surface area contributed by atoms with Crippen LogP contribution in [0.2, 0.25) is 0 Å². The fourth-order valence-electron chi connectivity index (χ4n) is 1.64. The Kier molecular flexibility index (Phi) is 6.06. The quantitative estimate of drug-likeness (QED) is 0.607. The second-order valence-electron chi connectivity index (χ2n) is 4.55. The zero-order chi connectivity index (χ0) is 14.3. The number of hydrogen-bond acceptors (Lipinski definition) is 3. The van der Waals surface area contributed by atoms with Gasteiger partial charge in [0.15, 0.2) is 12.4 Å². The van der Waals surface area contributed by atoms with Crippen LogP contribution < -0.4 is 10.1 Å². The molecule has 0 fully saturated rings. The van der Waals surface area contributed by atoms with Crippen molar-refractivity contribution >= 4 is 11.7 Å². The molecule has 1 rings (SSSR count). The average Bonchev–Trinajstić information content (AvgIpc) is 2.37. The number of ketones is 1. The molecule has 1 aromatic rings. The van der Waals surface area contributed by atoms with Gasteiger partial charge in [0.2, 0.25) is 0 Å². The molecule has 0 unspecified atom stereocenters. The third kappa shape index (κ3) is 5.12. The highest BCUT2D eigenvalue weighted by Crippen LogP contribution is 2.20. The lowest BCUT2D eigenvalue weighted by molar-refractivity contribution is -0.123. The van der Waals surface area contributed by atoms with Gasteiger partial charge in [-0.3, -0.25) is 9.59 Å². The number of nitrogens with one attached hydrogen (secondary N) is 1. The van der Waals surface area contributed by atoms with Gasteiger partial charge in [-0.15, -0.1) is 0 Å². The number of aryl methyl sites for hydroxylation is 1. The molecule has 0 saturated heterocycles. The normalized spacial score (nSPS) is 10.1. The summed E-state index contributed by atoms with van der Waals surface area (Å²) in [6, 6.07) is 5.36. The Hall–Kier alpha value is -1.84. The monoisotopic (exact) mass is 263 g/mol. The number of unbranched alkanes of at least 4 members (excludes halogenated alkanes) is 1. The Morgan fingerprint density at radius 1 is 1.32 bits per heavy atom. The maximum Gasteiger partial charge on any atom is 0.257 e. The number of carbonyl (C=O) groups excluding carboxylic acids is 2. The zero-order valence-electron chi connectivity index (χ0n) is 11.8. The maximum absolute atomic E-state index is 11.5. The minimum absolute atomic E-state index is 0.0624. The smallest absolute Gasteiger partial charge is 0.257 e. The molecule has 1 aromatic carbocycles. The predicted molar refractivity (Wildman–Crippen MR) is 74.6 cm³/mol. The van der Waals surface area contributed by atoms with E-state index in [4.69, 9.17) is 4.74 Å². The third-order valence-electron chi connectivity index (χ3n) is 2.73. The SMILES string of the molecule is CCCCNC(=O)COc1ccc(C)cc1C(C)=O. The van der Waals surface area contributed by atoms with Gasteiger partial charge >= 0.3 is 0 Å². The lowest BCUT2D eigenvalue weighted by Crippen LogP contribution is -2.29. The number of amides is 1. The summed E-state index contributed by atoms with van der Waals surface area (Å²) in [6.07, 6.45) is 1.99. The first-order chi connectivity index (χ1) is 9.04. The van der Waals surface area contributed by atoms with Gasteiger partial charge in [-0.25, -0.2) is 0 Å². The number of carbonyl (C=O) groups is 2. The summed E-state index contributed by atoms with van der Waals surface area (Å²) in [4.78, 5) is 23.0. The van der Waals surface area contributed by atoms with Crippen LogP contribution in [0.15, 0.2) is 18.2 Å². The van der Waals surface area contributed by atoms with Crippen LogP contribution in [0.1, 0.15) is 42.6 Å². The fourth-order valence-corrected chi connectivity index (χ4v) is 1.64. The van der Waals surface area contributed by atoms with Crippen LogP contribution in [-0.2, 0) is 4.79 Å². The lowest BCUT2D eigenvalue weighted by Gasteiger charge is -2.10. The molecule has 0 aliphatic heterocycles. The van der Waals surface area contributed by atoms with Gasteiger partial charge in [0.05, 0.1) is 5.56 Å². The molecule has 1 amide bonds. The van der Waals surface area contributed by atoms with Crippen LogP contribution >= 0.6 is 0 Å². The minimum Gasteiger partial charge on any atom is -0.483 e. The van der Waals surface area contributed by atoms with Crippen molar-refractivity contribution in [1.82, 2.24) is 5.32 Å². The summed E-state index contributed by atoms with van der Waals surface area (Å²) in [5.41, 5.74) is 1.51. The number of Topliss-reactive ketones (excluding diaryl/α,β-unsaturated/α-hetero) is 1. The summed E-state index contributed by atoms with van der Waals surface area (Å²) >= 11 is 0. The van der Waals surface area contributed by atoms with Gasteiger partial charge < -0.3 is 10.1 Å². The molecule has 0 bridgehead atoms. The van der Waals surface area contributed by atoms with Gasteiger partial charge in [-0.2, -0.15) is 0 Å². The lowest BCUT2D eigenvalue weighted by atomic mass is 10.1. The van der Waals surface area contributed by atoms with E-state index in [9.17, 15) is 9.59 Å². The van der Waals surface area contributed by atoms with Crippen LogP contribution in [0.4, 0.5) is 0 Å². The first-order valence-corrected chi connectivity index (χ1v) is 6.55. The first-order valence-electron chi connectivity index (χ1n) is 6.55. The molecule has 0 spiro atoms. The van der Waals surface area contributed by atoms with E-state index in [1.807, 2.05) is 13.0 Å². The second kappa shape index (κ2) is 7.56. The molecule has 0 radical (unpaired) electrons. The Bertz CT molecular complexity index is 455. The van der Waals surface area contributed by atoms with Crippen LogP contribution in [0.25, 0.3) is 0 Å². The molecule has 0 aliphatic carbocycles. The van der Waals surface area contributed by atoms with E-state index in [2.05, 4.69) is 12.2 Å².